The standard InChI is InChI=1S/C23H19ClFN3O3/c1-29-19-11-10-18(13-20(19)30-2)26-21(14-6-8-16(24)9-7-14)23-28-27-22(31-23)15-4-3-5-17(25)12-15/h3-13,21,26H,1-2H3/t21-/m1/s1. The maximum atomic E-state index is 13.6. The molecule has 1 aromatic heterocycles. The predicted octanol–water partition coefficient (Wildman–Crippen LogP) is 5.75. The monoisotopic (exact) mass is 439 g/mol. The van der Waals surface area contributed by atoms with Crippen molar-refractivity contribution >= 4 is 17.3 Å². The van der Waals surface area contributed by atoms with Crippen LogP contribution >= 0.6 is 11.6 Å². The average Bonchev–Trinajstić information content (AvgIpc) is 3.28. The summed E-state index contributed by atoms with van der Waals surface area (Å²) in [5, 5.41) is 12.3. The van der Waals surface area contributed by atoms with Crippen molar-refractivity contribution in [1.29, 1.82) is 0 Å². The van der Waals surface area contributed by atoms with Gasteiger partial charge in [0, 0.05) is 22.3 Å². The SMILES string of the molecule is COc1ccc(N[C@H](c2ccc(Cl)cc2)c2nnc(-c3cccc(F)c3)o2)cc1OC. The largest absolute Gasteiger partial charge is 0.493 e. The lowest BCUT2D eigenvalue weighted by Gasteiger charge is -2.18. The third-order valence-electron chi connectivity index (χ3n) is 4.66. The van der Waals surface area contributed by atoms with Crippen LogP contribution in [0.4, 0.5) is 10.1 Å². The normalized spacial score (nSPS) is 11.7. The second kappa shape index (κ2) is 9.06. The summed E-state index contributed by atoms with van der Waals surface area (Å²) < 4.78 is 30.2. The number of anilines is 1. The van der Waals surface area contributed by atoms with Gasteiger partial charge in [-0.05, 0) is 48.0 Å². The number of benzene rings is 3. The fraction of sp³-hybridized carbons (Fsp3) is 0.130. The number of nitrogens with zero attached hydrogens (tertiary/aromatic N) is 2. The molecule has 4 aromatic rings. The number of methoxy groups -OCH3 is 2. The van der Waals surface area contributed by atoms with Crippen LogP contribution in [-0.4, -0.2) is 24.4 Å². The van der Waals surface area contributed by atoms with E-state index in [-0.39, 0.29) is 11.7 Å². The molecule has 6 nitrogen and oxygen atoms in total. The zero-order chi connectivity index (χ0) is 21.8. The summed E-state index contributed by atoms with van der Waals surface area (Å²) in [6.45, 7) is 0. The first-order valence-corrected chi connectivity index (χ1v) is 9.78. The number of nitrogens with one attached hydrogen (secondary N) is 1. The fourth-order valence-electron chi connectivity index (χ4n) is 3.12. The molecule has 1 atom stereocenters. The summed E-state index contributed by atoms with van der Waals surface area (Å²) in [5.74, 6) is 1.35. The molecule has 1 N–H and O–H groups in total. The van der Waals surface area contributed by atoms with Crippen molar-refractivity contribution in [1.82, 2.24) is 10.2 Å². The van der Waals surface area contributed by atoms with E-state index in [0.29, 0.717) is 28.0 Å². The summed E-state index contributed by atoms with van der Waals surface area (Å²) in [5.41, 5.74) is 2.11. The maximum absolute atomic E-state index is 13.6. The minimum atomic E-state index is -0.481. The van der Waals surface area contributed by atoms with Gasteiger partial charge in [-0.3, -0.25) is 0 Å². The molecule has 4 rings (SSSR count). The predicted molar refractivity (Wildman–Crippen MR) is 116 cm³/mol. The van der Waals surface area contributed by atoms with Gasteiger partial charge in [0.25, 0.3) is 0 Å². The Balaban J connectivity index is 1.71. The van der Waals surface area contributed by atoms with Crippen LogP contribution in [0.2, 0.25) is 5.02 Å². The molecule has 0 unspecified atom stereocenters. The van der Waals surface area contributed by atoms with E-state index in [1.54, 1.807) is 44.6 Å². The van der Waals surface area contributed by atoms with E-state index in [1.807, 2.05) is 24.3 Å². The Morgan fingerprint density at radius 3 is 2.42 bits per heavy atom. The smallest absolute Gasteiger partial charge is 0.247 e. The number of hydrogen-bond donors (Lipinski definition) is 1. The zero-order valence-corrected chi connectivity index (χ0v) is 17.6. The van der Waals surface area contributed by atoms with E-state index in [2.05, 4.69) is 15.5 Å². The fourth-order valence-corrected chi connectivity index (χ4v) is 3.25. The van der Waals surface area contributed by atoms with Crippen molar-refractivity contribution in [2.24, 2.45) is 0 Å². The highest BCUT2D eigenvalue weighted by Gasteiger charge is 2.22. The van der Waals surface area contributed by atoms with Gasteiger partial charge in [0.05, 0.1) is 14.2 Å². The topological polar surface area (TPSA) is 69.4 Å². The van der Waals surface area contributed by atoms with Crippen LogP contribution in [0.5, 0.6) is 11.5 Å². The molecule has 0 aliphatic heterocycles. The molecule has 0 spiro atoms. The summed E-state index contributed by atoms with van der Waals surface area (Å²) >= 11 is 6.06. The van der Waals surface area contributed by atoms with E-state index < -0.39 is 6.04 Å². The van der Waals surface area contributed by atoms with Crippen LogP contribution in [0, 0.1) is 5.82 Å². The first-order valence-electron chi connectivity index (χ1n) is 9.40. The Labute approximate surface area is 183 Å². The Hall–Kier alpha value is -3.58. The van der Waals surface area contributed by atoms with Crippen LogP contribution in [0.25, 0.3) is 11.5 Å². The minimum Gasteiger partial charge on any atom is -0.493 e. The van der Waals surface area contributed by atoms with Crippen molar-refractivity contribution in [2.75, 3.05) is 19.5 Å². The number of aromatic nitrogens is 2. The first-order chi connectivity index (χ1) is 15.1. The molecule has 1 heterocycles. The quantitative estimate of drug-likeness (QED) is 0.395. The summed E-state index contributed by atoms with van der Waals surface area (Å²) in [7, 11) is 3.15. The molecule has 0 saturated carbocycles. The molecule has 0 fully saturated rings. The number of hydrogen-bond acceptors (Lipinski definition) is 6. The molecule has 0 radical (unpaired) electrons. The van der Waals surface area contributed by atoms with Gasteiger partial charge < -0.3 is 19.2 Å². The molecule has 0 aliphatic carbocycles. The molecule has 3 aromatic carbocycles. The van der Waals surface area contributed by atoms with Gasteiger partial charge in [-0.2, -0.15) is 0 Å². The molecule has 0 bridgehead atoms. The van der Waals surface area contributed by atoms with E-state index in [4.69, 9.17) is 25.5 Å². The first kappa shape index (κ1) is 20.7. The number of ether oxygens (including phenoxy) is 2. The number of rotatable bonds is 7. The summed E-state index contributed by atoms with van der Waals surface area (Å²) in [6, 6.07) is 18.3. The Kier molecular flexibility index (Phi) is 6.04. The molecule has 0 aliphatic rings. The van der Waals surface area contributed by atoms with Crippen molar-refractivity contribution in [3.8, 4) is 23.0 Å². The van der Waals surface area contributed by atoms with Gasteiger partial charge >= 0.3 is 0 Å². The minimum absolute atomic E-state index is 0.225. The highest BCUT2D eigenvalue weighted by molar-refractivity contribution is 6.30. The highest BCUT2D eigenvalue weighted by atomic mass is 35.5. The molecule has 158 valence electrons. The molecular formula is C23H19ClFN3O3. The van der Waals surface area contributed by atoms with Crippen LogP contribution < -0.4 is 14.8 Å². The van der Waals surface area contributed by atoms with E-state index in [0.717, 1.165) is 11.3 Å². The van der Waals surface area contributed by atoms with Crippen LogP contribution in [0.15, 0.2) is 71.1 Å². The van der Waals surface area contributed by atoms with Gasteiger partial charge in [0.1, 0.15) is 11.9 Å². The van der Waals surface area contributed by atoms with E-state index in [9.17, 15) is 4.39 Å². The van der Waals surface area contributed by atoms with Crippen LogP contribution in [0.1, 0.15) is 17.5 Å². The lowest BCUT2D eigenvalue weighted by molar-refractivity contribution is 0.355. The lowest BCUT2D eigenvalue weighted by atomic mass is 10.1. The van der Waals surface area contributed by atoms with Gasteiger partial charge in [0.2, 0.25) is 11.8 Å². The Morgan fingerprint density at radius 1 is 0.935 bits per heavy atom. The third kappa shape index (κ3) is 4.62. The third-order valence-corrected chi connectivity index (χ3v) is 4.91. The van der Waals surface area contributed by atoms with Gasteiger partial charge in [0.15, 0.2) is 11.5 Å². The van der Waals surface area contributed by atoms with Crippen molar-refractivity contribution in [3.63, 3.8) is 0 Å². The van der Waals surface area contributed by atoms with Gasteiger partial charge in [-0.25, -0.2) is 4.39 Å². The summed E-state index contributed by atoms with van der Waals surface area (Å²) in [4.78, 5) is 0. The molecule has 8 heteroatoms. The summed E-state index contributed by atoms with van der Waals surface area (Å²) in [6.07, 6.45) is 0. The van der Waals surface area contributed by atoms with E-state index in [1.165, 1.54) is 12.1 Å². The highest BCUT2D eigenvalue weighted by Crippen LogP contribution is 2.34. The molecular weight excluding hydrogens is 421 g/mol. The molecule has 31 heavy (non-hydrogen) atoms. The van der Waals surface area contributed by atoms with Gasteiger partial charge in [-0.1, -0.05) is 29.8 Å². The maximum Gasteiger partial charge on any atom is 0.247 e. The average molecular weight is 440 g/mol. The van der Waals surface area contributed by atoms with Crippen LogP contribution in [0.3, 0.4) is 0 Å². The number of halogens is 2. The van der Waals surface area contributed by atoms with Crippen molar-refractivity contribution in [3.05, 3.63) is 89.0 Å². The van der Waals surface area contributed by atoms with Crippen LogP contribution in [-0.2, 0) is 0 Å². The molecule has 0 saturated heterocycles. The van der Waals surface area contributed by atoms with Gasteiger partial charge in [-0.15, -0.1) is 10.2 Å². The Morgan fingerprint density at radius 2 is 1.71 bits per heavy atom. The zero-order valence-electron chi connectivity index (χ0n) is 16.8. The Bertz CT molecular complexity index is 1180. The van der Waals surface area contributed by atoms with E-state index >= 15 is 0 Å². The lowest BCUT2D eigenvalue weighted by Crippen LogP contribution is -2.13. The van der Waals surface area contributed by atoms with Crippen molar-refractivity contribution < 1.29 is 18.3 Å². The second-order valence-corrected chi connectivity index (χ2v) is 7.09. The molecule has 0 amide bonds. The second-order valence-electron chi connectivity index (χ2n) is 6.65. The van der Waals surface area contributed by atoms with Crippen molar-refractivity contribution in [2.45, 2.75) is 6.04 Å².